The van der Waals surface area contributed by atoms with Crippen LogP contribution in [0.5, 0.6) is 0 Å². The molecule has 0 bridgehead atoms. The van der Waals surface area contributed by atoms with E-state index in [-0.39, 0.29) is 17.8 Å². The SMILES string of the molecule is O=C(O)C(Cc1ccc2n[nH]c(CN(Cc3[nH]nc4ccc(CC(C(=O)O)C5CCNC5)nc34)Cc3[nH]nc4ccc(CC(C(=O)O)C5CCNC5)nc34)c2n1)C1CCNC1. The fraction of sp³-hybridized carbons (Fsp3) is 0.500. The Morgan fingerprint density at radius 3 is 1.10 bits per heavy atom. The highest BCUT2D eigenvalue weighted by Crippen LogP contribution is 2.29. The van der Waals surface area contributed by atoms with Crippen LogP contribution in [0.4, 0.5) is 0 Å². The van der Waals surface area contributed by atoms with Gasteiger partial charge in [0.25, 0.3) is 0 Å². The van der Waals surface area contributed by atoms with E-state index in [9.17, 15) is 29.7 Å². The number of pyridine rings is 3. The second-order valence-corrected chi connectivity index (χ2v) is 17.0. The molecule has 6 aromatic heterocycles. The molecule has 0 aliphatic carbocycles. The fourth-order valence-corrected chi connectivity index (χ4v) is 9.57. The predicted octanol–water partition coefficient (Wildman–Crippen LogP) is 2.26. The molecule has 6 unspecified atom stereocenters. The maximum absolute atomic E-state index is 12.4. The van der Waals surface area contributed by atoms with E-state index in [1.54, 1.807) is 0 Å². The van der Waals surface area contributed by atoms with Gasteiger partial charge in [0.2, 0.25) is 0 Å². The standard InChI is InChI=1S/C42H51N13O6/c56-40(57)28(22-7-10-43-16-22)13-25-1-4-31-37(46-25)34(52-49-31)19-55(20-35-38-32(50-53-35)5-2-26(47-38)14-29(41(58)59)23-8-11-44-17-23)21-36-39-33(51-54-36)6-3-27(48-39)15-30(42(60)61)24-9-12-45-18-24/h1-6,22-24,28-30,43-45H,7-21H2,(H,49,52)(H,50,53)(H,51,54)(H,56,57)(H,58,59)(H,60,61). The molecular formula is C42H51N13O6. The largest absolute Gasteiger partial charge is 0.481 e. The summed E-state index contributed by atoms with van der Waals surface area (Å²) in [5.74, 6) is -4.11. The van der Waals surface area contributed by atoms with Crippen LogP contribution in [0.15, 0.2) is 36.4 Å². The molecule has 19 heteroatoms. The van der Waals surface area contributed by atoms with E-state index in [4.69, 9.17) is 15.0 Å². The molecule has 6 aromatic rings. The summed E-state index contributed by atoms with van der Waals surface area (Å²) in [6.07, 6.45) is 3.31. The minimum atomic E-state index is -0.829. The van der Waals surface area contributed by atoms with Crippen molar-refractivity contribution in [3.05, 3.63) is 70.6 Å². The Bertz CT molecular complexity index is 2260. The lowest BCUT2D eigenvalue weighted by Crippen LogP contribution is -2.28. The second-order valence-electron chi connectivity index (χ2n) is 17.0. The van der Waals surface area contributed by atoms with Gasteiger partial charge in [-0.1, -0.05) is 0 Å². The van der Waals surface area contributed by atoms with Crippen LogP contribution in [0.2, 0.25) is 0 Å². The molecule has 0 saturated carbocycles. The average Bonchev–Trinajstić information content (AvgIpc) is 4.12. The van der Waals surface area contributed by atoms with Crippen LogP contribution in [0.25, 0.3) is 33.1 Å². The molecule has 0 aromatic carbocycles. The van der Waals surface area contributed by atoms with Crippen molar-refractivity contribution >= 4 is 51.0 Å². The molecule has 9 N–H and O–H groups in total. The number of nitrogens with one attached hydrogen (secondary N) is 6. The third kappa shape index (κ3) is 8.81. The van der Waals surface area contributed by atoms with Gasteiger partial charge in [-0.05, 0) is 113 Å². The van der Waals surface area contributed by atoms with Crippen LogP contribution in [0.3, 0.4) is 0 Å². The van der Waals surface area contributed by atoms with E-state index >= 15 is 0 Å². The third-order valence-corrected chi connectivity index (χ3v) is 13.0. The minimum absolute atomic E-state index is 0.0236. The van der Waals surface area contributed by atoms with Crippen molar-refractivity contribution in [2.45, 2.75) is 58.2 Å². The number of carbonyl (C=O) groups is 3. The summed E-state index contributed by atoms with van der Waals surface area (Å²) in [5.41, 5.74) is 8.09. The quantitative estimate of drug-likeness (QED) is 0.0601. The topological polar surface area (TPSA) is 276 Å². The van der Waals surface area contributed by atoms with Gasteiger partial charge in [-0.25, -0.2) is 15.0 Å². The molecule has 3 saturated heterocycles. The normalized spacial score (nSPS) is 20.9. The summed E-state index contributed by atoms with van der Waals surface area (Å²) >= 11 is 0. The van der Waals surface area contributed by atoms with Gasteiger partial charge in [0.05, 0.1) is 34.8 Å². The third-order valence-electron chi connectivity index (χ3n) is 13.0. The minimum Gasteiger partial charge on any atom is -0.481 e. The van der Waals surface area contributed by atoms with Crippen LogP contribution in [-0.4, -0.2) is 123 Å². The first-order valence-electron chi connectivity index (χ1n) is 21.2. The van der Waals surface area contributed by atoms with E-state index in [2.05, 4.69) is 51.4 Å². The van der Waals surface area contributed by atoms with Gasteiger partial charge >= 0.3 is 17.9 Å². The highest BCUT2D eigenvalue weighted by atomic mass is 16.4. The molecule has 0 radical (unpaired) electrons. The summed E-state index contributed by atoms with van der Waals surface area (Å²) in [6, 6.07) is 11.1. The number of aromatic nitrogens is 9. The molecular weight excluding hydrogens is 783 g/mol. The van der Waals surface area contributed by atoms with E-state index in [1.165, 1.54) is 0 Å². The lowest BCUT2D eigenvalue weighted by atomic mass is 9.87. The number of H-pyrrole nitrogens is 3. The number of carboxylic acids is 3. The van der Waals surface area contributed by atoms with Crippen molar-refractivity contribution in [3.8, 4) is 0 Å². The summed E-state index contributed by atoms with van der Waals surface area (Å²) in [6.45, 7) is 5.38. The zero-order chi connectivity index (χ0) is 42.0. The van der Waals surface area contributed by atoms with Gasteiger partial charge in [0.1, 0.15) is 33.1 Å². The van der Waals surface area contributed by atoms with Crippen LogP contribution in [0, 0.1) is 35.5 Å². The Labute approximate surface area is 349 Å². The number of nitrogens with zero attached hydrogens (tertiary/aromatic N) is 7. The number of aromatic amines is 3. The van der Waals surface area contributed by atoms with E-state index < -0.39 is 35.7 Å². The molecule has 320 valence electrons. The van der Waals surface area contributed by atoms with Gasteiger partial charge in [-0.3, -0.25) is 34.6 Å². The first-order valence-corrected chi connectivity index (χ1v) is 21.2. The maximum Gasteiger partial charge on any atom is 0.307 e. The van der Waals surface area contributed by atoms with Gasteiger partial charge in [-0.2, -0.15) is 15.3 Å². The van der Waals surface area contributed by atoms with Crippen molar-refractivity contribution in [3.63, 3.8) is 0 Å². The van der Waals surface area contributed by atoms with Crippen molar-refractivity contribution in [1.82, 2.24) is 66.4 Å². The number of aliphatic carboxylic acids is 3. The number of carboxylic acid groups (broad SMARTS) is 3. The van der Waals surface area contributed by atoms with E-state index in [1.807, 2.05) is 36.4 Å². The molecule has 3 aliphatic rings. The summed E-state index contributed by atoms with van der Waals surface area (Å²) in [4.78, 5) is 54.2. The number of hydrogen-bond acceptors (Lipinski definition) is 13. The predicted molar refractivity (Wildman–Crippen MR) is 222 cm³/mol. The van der Waals surface area contributed by atoms with Crippen molar-refractivity contribution < 1.29 is 29.7 Å². The Morgan fingerprint density at radius 1 is 0.525 bits per heavy atom. The molecule has 9 rings (SSSR count). The molecule has 9 heterocycles. The zero-order valence-corrected chi connectivity index (χ0v) is 33.7. The average molecular weight is 834 g/mol. The maximum atomic E-state index is 12.4. The lowest BCUT2D eigenvalue weighted by Gasteiger charge is -2.21. The molecule has 3 aliphatic heterocycles. The summed E-state index contributed by atoms with van der Waals surface area (Å²) in [5, 5.41) is 63.5. The van der Waals surface area contributed by atoms with Crippen molar-refractivity contribution in [2.75, 3.05) is 39.3 Å². The smallest absolute Gasteiger partial charge is 0.307 e. The van der Waals surface area contributed by atoms with Crippen LogP contribution >= 0.6 is 0 Å². The van der Waals surface area contributed by atoms with Crippen molar-refractivity contribution in [2.24, 2.45) is 35.5 Å². The molecule has 6 atom stereocenters. The monoisotopic (exact) mass is 833 g/mol. The van der Waals surface area contributed by atoms with Crippen LogP contribution in [0.1, 0.15) is 53.4 Å². The zero-order valence-electron chi connectivity index (χ0n) is 33.7. The number of rotatable bonds is 18. The van der Waals surface area contributed by atoms with E-state index in [0.717, 1.165) is 56.0 Å². The number of hydrogen-bond donors (Lipinski definition) is 9. The summed E-state index contributed by atoms with van der Waals surface area (Å²) in [7, 11) is 0. The van der Waals surface area contributed by atoms with Gasteiger partial charge in [0.15, 0.2) is 0 Å². The Kier molecular flexibility index (Phi) is 11.7. The Hall–Kier alpha value is -5.89. The van der Waals surface area contributed by atoms with Crippen LogP contribution < -0.4 is 16.0 Å². The molecule has 61 heavy (non-hydrogen) atoms. The van der Waals surface area contributed by atoms with Crippen LogP contribution in [-0.2, 0) is 53.3 Å². The highest BCUT2D eigenvalue weighted by Gasteiger charge is 2.34. The molecule has 0 spiro atoms. The Morgan fingerprint density at radius 2 is 0.836 bits per heavy atom. The number of fused-ring (bicyclic) bond motifs is 3. The lowest BCUT2D eigenvalue weighted by molar-refractivity contribution is -0.144. The molecule has 0 amide bonds. The second kappa shape index (κ2) is 17.6. The van der Waals surface area contributed by atoms with Gasteiger partial charge in [0, 0.05) is 56.0 Å². The Balaban J connectivity index is 1.03. The summed E-state index contributed by atoms with van der Waals surface area (Å²) < 4.78 is 0. The van der Waals surface area contributed by atoms with Gasteiger partial charge < -0.3 is 31.3 Å². The van der Waals surface area contributed by atoms with Gasteiger partial charge in [-0.15, -0.1) is 0 Å². The first kappa shape index (κ1) is 40.5. The highest BCUT2D eigenvalue weighted by molar-refractivity contribution is 5.79. The van der Waals surface area contributed by atoms with Crippen molar-refractivity contribution in [1.29, 1.82) is 0 Å². The molecule has 3 fully saturated rings. The molecule has 19 nitrogen and oxygen atoms in total. The first-order chi connectivity index (χ1) is 29.7. The fourth-order valence-electron chi connectivity index (χ4n) is 9.57. The van der Waals surface area contributed by atoms with E-state index in [0.29, 0.717) is 109 Å².